The minimum absolute atomic E-state index is 0.0390. The van der Waals surface area contributed by atoms with E-state index < -0.39 is 29.7 Å². The van der Waals surface area contributed by atoms with E-state index in [4.69, 9.17) is 9.40 Å². The van der Waals surface area contributed by atoms with Crippen molar-refractivity contribution < 1.29 is 33.2 Å². The fourth-order valence-corrected chi connectivity index (χ4v) is 8.58. The van der Waals surface area contributed by atoms with E-state index in [2.05, 4.69) is 55.3 Å². The Hall–Kier alpha value is -6.91. The number of imide groups is 2. The molecule has 2 saturated heterocycles. The molecule has 17 nitrogen and oxygen atoms in total. The van der Waals surface area contributed by atoms with Crippen molar-refractivity contribution in [2.24, 2.45) is 0 Å². The second-order valence-electron chi connectivity index (χ2n) is 16.2. The normalized spacial score (nSPS) is 16.4. The summed E-state index contributed by atoms with van der Waals surface area (Å²) >= 11 is 0. The number of hydrogen-bond donors (Lipinski definition) is 3. The smallest absolute Gasteiger partial charge is 0.264 e. The van der Waals surface area contributed by atoms with Gasteiger partial charge in [-0.3, -0.25) is 43.4 Å². The van der Waals surface area contributed by atoms with Crippen molar-refractivity contribution in [2.75, 3.05) is 49.5 Å². The van der Waals surface area contributed by atoms with Crippen LogP contribution in [0.15, 0.2) is 77.8 Å². The van der Waals surface area contributed by atoms with Crippen LogP contribution in [0.5, 0.6) is 0 Å². The first-order valence-corrected chi connectivity index (χ1v) is 21.9. The van der Waals surface area contributed by atoms with Gasteiger partial charge < -0.3 is 24.9 Å². The van der Waals surface area contributed by atoms with Gasteiger partial charge in [0, 0.05) is 81.5 Å². The first-order chi connectivity index (χ1) is 30.7. The molecule has 0 aliphatic carbocycles. The number of aryl methyl sites for hydroxylation is 2. The first-order valence-electron chi connectivity index (χ1n) is 21.9. The van der Waals surface area contributed by atoms with Gasteiger partial charge >= 0.3 is 0 Å². The highest BCUT2D eigenvalue weighted by molar-refractivity contribution is 6.25. The van der Waals surface area contributed by atoms with Crippen molar-refractivity contribution in [2.45, 2.75) is 83.1 Å². The van der Waals surface area contributed by atoms with E-state index in [0.29, 0.717) is 38.2 Å². The van der Waals surface area contributed by atoms with Crippen molar-refractivity contribution in [3.8, 4) is 11.1 Å². The van der Waals surface area contributed by atoms with E-state index in [-0.39, 0.29) is 42.3 Å². The number of unbranched alkanes of at least 4 members (excludes halogenated alkanes) is 6. The predicted molar refractivity (Wildman–Crippen MR) is 233 cm³/mol. The van der Waals surface area contributed by atoms with E-state index in [1.165, 1.54) is 6.07 Å². The maximum atomic E-state index is 13.3. The van der Waals surface area contributed by atoms with Crippen molar-refractivity contribution in [3.05, 3.63) is 96.1 Å². The molecule has 5 aromatic rings. The molecule has 17 heteroatoms. The van der Waals surface area contributed by atoms with Crippen LogP contribution in [0.4, 0.5) is 11.4 Å². The fraction of sp³-hybridized carbons (Fsp3) is 0.413. The Bertz CT molecular complexity index is 2460. The Morgan fingerprint density at radius 2 is 1.60 bits per heavy atom. The maximum absolute atomic E-state index is 13.3. The number of amides is 6. The maximum Gasteiger partial charge on any atom is 0.264 e. The largest absolute Gasteiger partial charge is 0.469 e. The van der Waals surface area contributed by atoms with Crippen LogP contribution in [0.1, 0.15) is 96.5 Å². The molecule has 6 heterocycles. The summed E-state index contributed by atoms with van der Waals surface area (Å²) in [6, 6.07) is 16.0. The van der Waals surface area contributed by atoms with Gasteiger partial charge in [0.1, 0.15) is 24.0 Å². The van der Waals surface area contributed by atoms with Gasteiger partial charge in [-0.1, -0.05) is 50.3 Å². The summed E-state index contributed by atoms with van der Waals surface area (Å²) in [6.45, 7) is 3.42. The number of nitrogens with one attached hydrogen (secondary N) is 3. The molecule has 63 heavy (non-hydrogen) atoms. The van der Waals surface area contributed by atoms with Crippen LogP contribution in [-0.4, -0.2) is 110 Å². The number of piperidine rings is 1. The third kappa shape index (κ3) is 9.92. The number of carbonyl (C=O) groups is 6. The molecule has 2 fully saturated rings. The molecule has 1 unspecified atom stereocenters. The molecule has 6 amide bonds. The highest BCUT2D eigenvalue weighted by Gasteiger charge is 2.45. The Kier molecular flexibility index (Phi) is 13.5. The number of piperazine rings is 1. The summed E-state index contributed by atoms with van der Waals surface area (Å²) < 4.78 is 7.42. The van der Waals surface area contributed by atoms with Gasteiger partial charge in [-0.15, -0.1) is 10.2 Å². The number of nitrogens with zero attached hydrogens (tertiary/aromatic N) is 7. The average molecular weight is 857 g/mol. The molecule has 3 aromatic heterocycles. The molecule has 2 aromatic carbocycles. The molecule has 3 aliphatic heterocycles. The van der Waals surface area contributed by atoms with E-state index >= 15 is 0 Å². The molecule has 3 N–H and O–H groups in total. The molecule has 1 atom stereocenters. The Morgan fingerprint density at radius 1 is 0.825 bits per heavy atom. The summed E-state index contributed by atoms with van der Waals surface area (Å²) in [5.41, 5.74) is 4.44. The third-order valence-corrected chi connectivity index (χ3v) is 12.1. The summed E-state index contributed by atoms with van der Waals surface area (Å²) in [5.74, 6) is -0.560. The van der Waals surface area contributed by atoms with E-state index in [1.807, 2.05) is 27.6 Å². The van der Waals surface area contributed by atoms with Crippen LogP contribution in [-0.2, 0) is 32.0 Å². The van der Waals surface area contributed by atoms with Gasteiger partial charge in [-0.2, -0.15) is 0 Å². The second kappa shape index (κ2) is 19.9. The number of fused-ring (bicyclic) bond motifs is 2. The van der Waals surface area contributed by atoms with Crippen LogP contribution >= 0.6 is 0 Å². The van der Waals surface area contributed by atoms with Gasteiger partial charge in [-0.05, 0) is 61.2 Å². The molecule has 0 saturated carbocycles. The van der Waals surface area contributed by atoms with Gasteiger partial charge in [0.05, 0.1) is 23.9 Å². The minimum Gasteiger partial charge on any atom is -0.469 e. The van der Waals surface area contributed by atoms with E-state index in [1.54, 1.807) is 24.7 Å². The Labute approximate surface area is 364 Å². The quantitative estimate of drug-likeness (QED) is 0.0773. The van der Waals surface area contributed by atoms with Gasteiger partial charge in [-0.25, -0.2) is 4.98 Å². The molecule has 0 spiro atoms. The lowest BCUT2D eigenvalue weighted by Gasteiger charge is -2.36. The molecular formula is C46H52N10O7. The molecule has 0 radical (unpaired) electrons. The number of benzene rings is 2. The lowest BCUT2D eigenvalue weighted by Crippen LogP contribution is -2.54. The summed E-state index contributed by atoms with van der Waals surface area (Å²) in [6.07, 6.45) is 14.3. The summed E-state index contributed by atoms with van der Waals surface area (Å²) in [5, 5.41) is 16.6. The standard InChI is InChI=1S/C46H52N10O7/c57-39-21-19-37(44(60)51-39)56-45(61)34-11-8-12-36(42(34)46(56)62)48-29-40(58)47-22-7-5-3-1-2-4-6-13-41(59)54-25-23-53(24-26-54)32-16-14-31(15-17-32)35-28-49-38(55-30-50-52-43(35)55)20-18-33-10-9-27-63-33/h8-12,14-17,27-28,30,37,48H,1-7,13,18-26,29H2,(H,47,58)(H,51,57,60). The Morgan fingerprint density at radius 3 is 2.37 bits per heavy atom. The first kappa shape index (κ1) is 42.8. The Balaban J connectivity index is 0.671. The van der Waals surface area contributed by atoms with Crippen LogP contribution in [0.3, 0.4) is 0 Å². The van der Waals surface area contributed by atoms with Crippen molar-refractivity contribution in [1.82, 2.24) is 40.0 Å². The SMILES string of the molecule is O=C(CNc1cccc2c1C(=O)N(C1CCC(=O)NC1=O)C2=O)NCCCCCCCCCC(=O)N1CCN(c2ccc(-c3cnc(CCc4ccco4)n4cnnc34)cc2)CC1. The number of anilines is 2. The highest BCUT2D eigenvalue weighted by Crippen LogP contribution is 2.32. The zero-order chi connectivity index (χ0) is 43.7. The zero-order valence-electron chi connectivity index (χ0n) is 35.2. The second-order valence-corrected chi connectivity index (χ2v) is 16.2. The number of hydrogen-bond acceptors (Lipinski definition) is 12. The van der Waals surface area contributed by atoms with Crippen molar-refractivity contribution in [3.63, 3.8) is 0 Å². The predicted octanol–water partition coefficient (Wildman–Crippen LogP) is 4.57. The van der Waals surface area contributed by atoms with Gasteiger partial charge in [0.2, 0.25) is 23.6 Å². The van der Waals surface area contributed by atoms with E-state index in [9.17, 15) is 28.8 Å². The zero-order valence-corrected chi connectivity index (χ0v) is 35.2. The number of carbonyl (C=O) groups excluding carboxylic acids is 6. The van der Waals surface area contributed by atoms with Gasteiger partial charge in [0.25, 0.3) is 11.8 Å². The van der Waals surface area contributed by atoms with Crippen LogP contribution in [0, 0.1) is 0 Å². The highest BCUT2D eigenvalue weighted by atomic mass is 16.3. The third-order valence-electron chi connectivity index (χ3n) is 12.1. The average Bonchev–Trinajstić information content (AvgIpc) is 4.07. The lowest BCUT2D eigenvalue weighted by molar-refractivity contribution is -0.136. The molecule has 0 bridgehead atoms. The van der Waals surface area contributed by atoms with Crippen LogP contribution < -0.4 is 20.9 Å². The molecular weight excluding hydrogens is 805 g/mol. The monoisotopic (exact) mass is 856 g/mol. The van der Waals surface area contributed by atoms with Crippen LogP contribution in [0.2, 0.25) is 0 Å². The fourth-order valence-electron chi connectivity index (χ4n) is 8.58. The van der Waals surface area contributed by atoms with E-state index in [0.717, 1.165) is 103 Å². The number of aromatic nitrogens is 4. The topological polar surface area (TPSA) is 204 Å². The molecule has 328 valence electrons. The molecule has 3 aliphatic rings. The van der Waals surface area contributed by atoms with Gasteiger partial charge in [0.15, 0.2) is 5.65 Å². The van der Waals surface area contributed by atoms with Crippen molar-refractivity contribution >= 4 is 52.5 Å². The lowest BCUT2D eigenvalue weighted by atomic mass is 10.0. The summed E-state index contributed by atoms with van der Waals surface area (Å²) in [4.78, 5) is 85.8. The van der Waals surface area contributed by atoms with Crippen LogP contribution in [0.25, 0.3) is 16.8 Å². The number of furan rings is 1. The number of rotatable bonds is 19. The minimum atomic E-state index is -1.06. The molecule has 8 rings (SSSR count). The van der Waals surface area contributed by atoms with Crippen molar-refractivity contribution in [1.29, 1.82) is 0 Å². The summed E-state index contributed by atoms with van der Waals surface area (Å²) in [7, 11) is 0.